The zero-order valence-electron chi connectivity index (χ0n) is 19.1. The number of ether oxygens (including phenoxy) is 3. The van der Waals surface area contributed by atoms with Crippen molar-refractivity contribution < 1.29 is 14.2 Å². The summed E-state index contributed by atoms with van der Waals surface area (Å²) in [6.45, 7) is 10.6. The number of H-pyrrole nitrogens is 1. The van der Waals surface area contributed by atoms with Crippen LogP contribution in [0.1, 0.15) is 62.8 Å². The average Bonchev–Trinajstić information content (AvgIpc) is 3.47. The number of aromatic nitrogens is 4. The molecule has 166 valence electrons. The molecule has 1 saturated carbocycles. The molecule has 3 heterocycles. The van der Waals surface area contributed by atoms with E-state index in [1.807, 2.05) is 0 Å². The highest BCUT2D eigenvalue weighted by atomic mass is 16.7. The van der Waals surface area contributed by atoms with Crippen molar-refractivity contribution in [2.75, 3.05) is 20.3 Å². The second kappa shape index (κ2) is 7.43. The number of nitrogens with one attached hydrogen (secondary N) is 1. The summed E-state index contributed by atoms with van der Waals surface area (Å²) in [5.41, 5.74) is 6.25. The van der Waals surface area contributed by atoms with Gasteiger partial charge in [0.25, 0.3) is 0 Å². The highest BCUT2D eigenvalue weighted by molar-refractivity contribution is 5.82. The van der Waals surface area contributed by atoms with Crippen molar-refractivity contribution in [1.29, 1.82) is 0 Å². The topological polar surface area (TPSA) is 74.2 Å². The molecule has 7 heteroatoms. The van der Waals surface area contributed by atoms with Crippen molar-refractivity contribution in [1.82, 2.24) is 19.7 Å². The number of hydrogen-bond acceptors (Lipinski definition) is 5. The Balaban J connectivity index is 1.55. The summed E-state index contributed by atoms with van der Waals surface area (Å²) in [4.78, 5) is 8.50. The largest absolute Gasteiger partial charge is 0.380 e. The third-order valence-corrected chi connectivity index (χ3v) is 6.43. The molecule has 0 radical (unpaired) electrons. The fraction of sp³-hybridized carbons (Fsp3) is 0.583. The Morgan fingerprint density at radius 3 is 2.71 bits per heavy atom. The summed E-state index contributed by atoms with van der Waals surface area (Å²) in [5, 5.41) is 5.06. The van der Waals surface area contributed by atoms with E-state index >= 15 is 0 Å². The molecule has 1 N–H and O–H groups in total. The van der Waals surface area contributed by atoms with Crippen molar-refractivity contribution in [3.63, 3.8) is 0 Å². The molecule has 1 spiro atoms. The highest BCUT2D eigenvalue weighted by Gasteiger charge is 2.45. The van der Waals surface area contributed by atoms with Gasteiger partial charge in [0.15, 0.2) is 11.6 Å². The van der Waals surface area contributed by atoms with Crippen molar-refractivity contribution in [2.45, 2.75) is 70.8 Å². The number of imidazole rings is 1. The highest BCUT2D eigenvalue weighted by Crippen LogP contribution is 2.46. The van der Waals surface area contributed by atoms with Crippen LogP contribution in [0, 0.1) is 6.92 Å². The number of aryl methyl sites for hydroxylation is 1. The van der Waals surface area contributed by atoms with Crippen LogP contribution < -0.4 is 0 Å². The number of hydrogen-bond donors (Lipinski definition) is 1. The lowest BCUT2D eigenvalue weighted by atomic mass is 10.0. The molecular weight excluding hydrogens is 392 g/mol. The van der Waals surface area contributed by atoms with Crippen LogP contribution >= 0.6 is 0 Å². The lowest BCUT2D eigenvalue weighted by Crippen LogP contribution is -2.26. The summed E-state index contributed by atoms with van der Waals surface area (Å²) in [6, 6.07) is 6.45. The lowest BCUT2D eigenvalue weighted by molar-refractivity contribution is -0.151. The summed E-state index contributed by atoms with van der Waals surface area (Å²) in [5.74, 6) is 0.784. The fourth-order valence-corrected chi connectivity index (χ4v) is 4.99. The van der Waals surface area contributed by atoms with Crippen LogP contribution in [-0.4, -0.2) is 45.9 Å². The number of benzene rings is 1. The average molecular weight is 425 g/mol. The monoisotopic (exact) mass is 424 g/mol. The SMILES string of the molecule is COCc1cc(C)c2[nH]c(-c3cc(C4CCC5(C4)OCCO5)nn3C(C)(C)C)nc2c1. The number of nitrogens with zero attached hydrogens (tertiary/aromatic N) is 3. The van der Waals surface area contributed by atoms with Crippen molar-refractivity contribution in [3.05, 3.63) is 35.0 Å². The maximum Gasteiger partial charge on any atom is 0.169 e. The lowest BCUT2D eigenvalue weighted by Gasteiger charge is -2.22. The molecule has 1 aliphatic heterocycles. The fourth-order valence-electron chi connectivity index (χ4n) is 4.99. The van der Waals surface area contributed by atoms with Gasteiger partial charge in [-0.1, -0.05) is 6.07 Å². The summed E-state index contributed by atoms with van der Waals surface area (Å²) in [7, 11) is 1.72. The molecular formula is C24H32N4O3. The Hall–Kier alpha value is -2.22. The van der Waals surface area contributed by atoms with Gasteiger partial charge in [0.05, 0.1) is 42.1 Å². The molecule has 3 aromatic rings. The molecule has 1 aromatic carbocycles. The molecule has 2 fully saturated rings. The van der Waals surface area contributed by atoms with Crippen molar-refractivity contribution >= 4 is 11.0 Å². The quantitative estimate of drug-likeness (QED) is 0.660. The molecule has 0 amide bonds. The van der Waals surface area contributed by atoms with Crippen LogP contribution in [0.2, 0.25) is 0 Å². The molecule has 2 aromatic heterocycles. The smallest absolute Gasteiger partial charge is 0.169 e. The molecule has 1 saturated heterocycles. The van der Waals surface area contributed by atoms with Crippen LogP contribution in [-0.2, 0) is 26.4 Å². The number of rotatable bonds is 4. The predicted octanol–water partition coefficient (Wildman–Crippen LogP) is 4.65. The van der Waals surface area contributed by atoms with E-state index in [0.29, 0.717) is 25.7 Å². The van der Waals surface area contributed by atoms with Crippen LogP contribution in [0.5, 0.6) is 0 Å². The first-order valence-corrected chi connectivity index (χ1v) is 11.1. The second-order valence-corrected chi connectivity index (χ2v) is 9.91. The second-order valence-electron chi connectivity index (χ2n) is 9.91. The van der Waals surface area contributed by atoms with Gasteiger partial charge in [-0.2, -0.15) is 5.10 Å². The van der Waals surface area contributed by atoms with Crippen LogP contribution in [0.25, 0.3) is 22.6 Å². The molecule has 31 heavy (non-hydrogen) atoms. The van der Waals surface area contributed by atoms with E-state index in [4.69, 9.17) is 24.3 Å². The maximum atomic E-state index is 5.94. The molecule has 7 nitrogen and oxygen atoms in total. The van der Waals surface area contributed by atoms with Gasteiger partial charge in [-0.15, -0.1) is 0 Å². The predicted molar refractivity (Wildman–Crippen MR) is 119 cm³/mol. The third-order valence-electron chi connectivity index (χ3n) is 6.43. The first-order chi connectivity index (χ1) is 14.8. The maximum absolute atomic E-state index is 5.94. The zero-order valence-corrected chi connectivity index (χ0v) is 19.1. The zero-order chi connectivity index (χ0) is 21.8. The van der Waals surface area contributed by atoms with Crippen molar-refractivity contribution in [2.24, 2.45) is 0 Å². The van der Waals surface area contributed by atoms with E-state index in [0.717, 1.165) is 53.1 Å². The van der Waals surface area contributed by atoms with E-state index in [1.54, 1.807) is 7.11 Å². The Kier molecular flexibility index (Phi) is 4.95. The summed E-state index contributed by atoms with van der Waals surface area (Å²) >= 11 is 0. The van der Waals surface area contributed by atoms with Gasteiger partial charge in [0.2, 0.25) is 0 Å². The Bertz CT molecular complexity index is 1100. The van der Waals surface area contributed by atoms with Crippen molar-refractivity contribution in [3.8, 4) is 11.5 Å². The standard InChI is InChI=1S/C24H32N4O3/c1-15-10-16(14-29-5)11-19-21(15)26-22(25-19)20-12-18(27-28(20)23(2,3)4)17-6-7-24(13-17)30-8-9-31-24/h10-12,17H,6-9,13-14H2,1-5H3,(H,25,26). The third kappa shape index (κ3) is 3.69. The van der Waals surface area contributed by atoms with Gasteiger partial charge in [0.1, 0.15) is 5.69 Å². The van der Waals surface area contributed by atoms with Gasteiger partial charge in [-0.05, 0) is 57.4 Å². The van der Waals surface area contributed by atoms with Crippen LogP contribution in [0.3, 0.4) is 0 Å². The van der Waals surface area contributed by atoms with E-state index in [-0.39, 0.29) is 5.54 Å². The van der Waals surface area contributed by atoms with E-state index in [9.17, 15) is 0 Å². The summed E-state index contributed by atoms with van der Waals surface area (Å²) in [6.07, 6.45) is 2.83. The van der Waals surface area contributed by atoms with Gasteiger partial charge in [0, 0.05) is 25.9 Å². The Morgan fingerprint density at radius 1 is 1.23 bits per heavy atom. The minimum absolute atomic E-state index is 0.167. The Labute approximate surface area is 183 Å². The van der Waals surface area contributed by atoms with Gasteiger partial charge in [-0.25, -0.2) is 4.98 Å². The first kappa shape index (κ1) is 20.7. The normalized spacial score (nSPS) is 21.0. The summed E-state index contributed by atoms with van der Waals surface area (Å²) < 4.78 is 19.3. The molecule has 1 aliphatic carbocycles. The van der Waals surface area contributed by atoms with E-state index in [2.05, 4.69) is 55.6 Å². The van der Waals surface area contributed by atoms with Gasteiger partial charge < -0.3 is 19.2 Å². The minimum atomic E-state index is -0.398. The molecule has 1 atom stereocenters. The molecule has 5 rings (SSSR count). The van der Waals surface area contributed by atoms with Gasteiger partial charge in [-0.3, -0.25) is 4.68 Å². The van der Waals surface area contributed by atoms with Gasteiger partial charge >= 0.3 is 0 Å². The number of methoxy groups -OCH3 is 1. The number of fused-ring (bicyclic) bond motifs is 1. The molecule has 0 bridgehead atoms. The van der Waals surface area contributed by atoms with Crippen LogP contribution in [0.15, 0.2) is 18.2 Å². The van der Waals surface area contributed by atoms with E-state index < -0.39 is 5.79 Å². The molecule has 2 aliphatic rings. The Morgan fingerprint density at radius 2 is 2.00 bits per heavy atom. The van der Waals surface area contributed by atoms with E-state index in [1.165, 1.54) is 5.56 Å². The molecule has 1 unspecified atom stereocenters. The minimum Gasteiger partial charge on any atom is -0.380 e. The van der Waals surface area contributed by atoms with Crippen LogP contribution in [0.4, 0.5) is 0 Å². The first-order valence-electron chi connectivity index (χ1n) is 11.1. The number of aromatic amines is 1.